The molecule has 1 unspecified atom stereocenters. The van der Waals surface area contributed by atoms with Gasteiger partial charge in [-0.2, -0.15) is 11.8 Å². The summed E-state index contributed by atoms with van der Waals surface area (Å²) in [5, 5.41) is 0.378. The highest BCUT2D eigenvalue weighted by molar-refractivity contribution is 9.10. The Morgan fingerprint density at radius 2 is 2.20 bits per heavy atom. The van der Waals surface area contributed by atoms with Crippen molar-refractivity contribution in [2.45, 2.75) is 36.3 Å². The normalized spacial score (nSPS) is 20.0. The molecule has 1 heterocycles. The quantitative estimate of drug-likeness (QED) is 0.789. The Balaban J connectivity index is 2.14. The largest absolute Gasteiger partial charge is 0.398 e. The third-order valence-electron chi connectivity index (χ3n) is 3.43. The summed E-state index contributed by atoms with van der Waals surface area (Å²) in [6.45, 7) is 2.21. The molecule has 2 rings (SSSR count). The van der Waals surface area contributed by atoms with Gasteiger partial charge in [-0.25, -0.2) is 13.1 Å². The van der Waals surface area contributed by atoms with Crippen LogP contribution in [0.25, 0.3) is 0 Å². The van der Waals surface area contributed by atoms with Gasteiger partial charge in [-0.3, -0.25) is 0 Å². The smallest absolute Gasteiger partial charge is 0.240 e. The fraction of sp³-hybridized carbons (Fsp3) is 0.538. The third kappa shape index (κ3) is 3.90. The van der Waals surface area contributed by atoms with Gasteiger partial charge in [0.1, 0.15) is 0 Å². The van der Waals surface area contributed by atoms with Gasteiger partial charge in [-0.05, 0) is 43.2 Å². The molecule has 0 radical (unpaired) electrons. The molecule has 1 aromatic rings. The second-order valence-corrected chi connectivity index (χ2v) is 9.02. The molecule has 7 heteroatoms. The number of nitrogen functional groups attached to an aromatic ring is 1. The number of hydrogen-bond donors (Lipinski definition) is 2. The molecular formula is C13H19BrN2O2S2. The number of benzene rings is 1. The van der Waals surface area contributed by atoms with E-state index in [0.717, 1.165) is 12.2 Å². The summed E-state index contributed by atoms with van der Waals surface area (Å²) in [5.41, 5.74) is 6.90. The van der Waals surface area contributed by atoms with Crippen molar-refractivity contribution in [2.75, 3.05) is 18.0 Å². The SMILES string of the molecule is Cc1c(N)cc(Br)cc1S(=O)(=O)NCC1CCCCS1. The maximum absolute atomic E-state index is 12.4. The number of anilines is 1. The lowest BCUT2D eigenvalue weighted by Crippen LogP contribution is -2.32. The minimum Gasteiger partial charge on any atom is -0.398 e. The fourth-order valence-electron chi connectivity index (χ4n) is 2.20. The number of halogens is 1. The molecule has 3 N–H and O–H groups in total. The van der Waals surface area contributed by atoms with Crippen molar-refractivity contribution in [1.82, 2.24) is 4.72 Å². The summed E-state index contributed by atoms with van der Waals surface area (Å²) in [4.78, 5) is 0.255. The number of nitrogens with two attached hydrogens (primary N) is 1. The number of hydrogen-bond acceptors (Lipinski definition) is 4. The first kappa shape index (κ1) is 16.1. The maximum atomic E-state index is 12.4. The van der Waals surface area contributed by atoms with Crippen LogP contribution in [0.15, 0.2) is 21.5 Å². The molecule has 1 aliphatic heterocycles. The number of nitrogens with one attached hydrogen (secondary N) is 1. The van der Waals surface area contributed by atoms with Gasteiger partial charge in [0.2, 0.25) is 10.0 Å². The molecule has 1 aromatic carbocycles. The summed E-state index contributed by atoms with van der Waals surface area (Å²) in [5.74, 6) is 1.12. The van der Waals surface area contributed by atoms with Crippen molar-refractivity contribution in [1.29, 1.82) is 0 Å². The fourth-order valence-corrected chi connectivity index (χ4v) is 5.55. The monoisotopic (exact) mass is 378 g/mol. The van der Waals surface area contributed by atoms with Crippen LogP contribution in [-0.4, -0.2) is 26.0 Å². The van der Waals surface area contributed by atoms with E-state index in [4.69, 9.17) is 5.73 Å². The molecule has 0 amide bonds. The molecule has 0 saturated carbocycles. The molecule has 112 valence electrons. The van der Waals surface area contributed by atoms with E-state index in [9.17, 15) is 8.42 Å². The topological polar surface area (TPSA) is 72.2 Å². The molecule has 1 fully saturated rings. The van der Waals surface area contributed by atoms with Crippen LogP contribution < -0.4 is 10.5 Å². The van der Waals surface area contributed by atoms with Crippen LogP contribution in [0.2, 0.25) is 0 Å². The standard InChI is InChI=1S/C13H19BrN2O2S2/c1-9-12(15)6-10(14)7-13(9)20(17,18)16-8-11-4-2-3-5-19-11/h6-7,11,16H,2-5,8,15H2,1H3. The molecule has 0 bridgehead atoms. The summed E-state index contributed by atoms with van der Waals surface area (Å²) in [6.07, 6.45) is 3.49. The van der Waals surface area contributed by atoms with Crippen molar-refractivity contribution in [3.63, 3.8) is 0 Å². The first-order valence-electron chi connectivity index (χ1n) is 6.57. The summed E-state index contributed by atoms with van der Waals surface area (Å²) < 4.78 is 28.2. The lowest BCUT2D eigenvalue weighted by molar-refractivity contribution is 0.573. The zero-order valence-electron chi connectivity index (χ0n) is 11.4. The zero-order chi connectivity index (χ0) is 14.8. The molecule has 1 saturated heterocycles. The van der Waals surface area contributed by atoms with E-state index in [-0.39, 0.29) is 4.90 Å². The molecule has 1 aliphatic rings. The van der Waals surface area contributed by atoms with Gasteiger partial charge in [0.05, 0.1) is 4.90 Å². The van der Waals surface area contributed by atoms with Crippen molar-refractivity contribution in [2.24, 2.45) is 0 Å². The van der Waals surface area contributed by atoms with Crippen LogP contribution in [0, 0.1) is 6.92 Å². The summed E-state index contributed by atoms with van der Waals surface area (Å²) >= 11 is 5.14. The number of thioether (sulfide) groups is 1. The van der Waals surface area contributed by atoms with Crippen molar-refractivity contribution < 1.29 is 8.42 Å². The second-order valence-electron chi connectivity index (χ2n) is 4.96. The van der Waals surface area contributed by atoms with Gasteiger partial charge in [0.15, 0.2) is 0 Å². The van der Waals surface area contributed by atoms with Crippen LogP contribution in [0.1, 0.15) is 24.8 Å². The van der Waals surface area contributed by atoms with Gasteiger partial charge in [0, 0.05) is 22.0 Å². The average molecular weight is 379 g/mol. The van der Waals surface area contributed by atoms with Crippen LogP contribution >= 0.6 is 27.7 Å². The van der Waals surface area contributed by atoms with Gasteiger partial charge >= 0.3 is 0 Å². The van der Waals surface area contributed by atoms with E-state index in [1.165, 1.54) is 12.8 Å². The Kier molecular flexibility index (Phi) is 5.39. The number of rotatable bonds is 4. The highest BCUT2D eigenvalue weighted by Crippen LogP contribution is 2.27. The van der Waals surface area contributed by atoms with Crippen molar-refractivity contribution >= 4 is 43.4 Å². The van der Waals surface area contributed by atoms with Crippen LogP contribution in [0.4, 0.5) is 5.69 Å². The first-order valence-corrected chi connectivity index (χ1v) is 9.89. The summed E-state index contributed by atoms with van der Waals surface area (Å²) in [7, 11) is -3.51. The van der Waals surface area contributed by atoms with Crippen molar-refractivity contribution in [3.05, 3.63) is 22.2 Å². The Hall–Kier alpha value is -0.240. The molecular weight excluding hydrogens is 360 g/mol. The number of sulfonamides is 1. The highest BCUT2D eigenvalue weighted by atomic mass is 79.9. The maximum Gasteiger partial charge on any atom is 0.240 e. The molecule has 0 spiro atoms. The molecule has 1 atom stereocenters. The van der Waals surface area contributed by atoms with E-state index >= 15 is 0 Å². The molecule has 4 nitrogen and oxygen atoms in total. The van der Waals surface area contributed by atoms with Gasteiger partial charge in [-0.1, -0.05) is 22.4 Å². The van der Waals surface area contributed by atoms with E-state index in [1.54, 1.807) is 19.1 Å². The highest BCUT2D eigenvalue weighted by Gasteiger charge is 2.21. The predicted molar refractivity (Wildman–Crippen MR) is 88.6 cm³/mol. The Labute approximate surface area is 133 Å². The van der Waals surface area contributed by atoms with E-state index in [1.807, 2.05) is 11.8 Å². The van der Waals surface area contributed by atoms with E-state index in [2.05, 4.69) is 20.7 Å². The second kappa shape index (κ2) is 6.68. The van der Waals surface area contributed by atoms with Gasteiger partial charge in [-0.15, -0.1) is 0 Å². The predicted octanol–water partition coefficient (Wildman–Crippen LogP) is 2.90. The molecule has 0 aromatic heterocycles. The lowest BCUT2D eigenvalue weighted by Gasteiger charge is -2.21. The van der Waals surface area contributed by atoms with Crippen LogP contribution in [0.5, 0.6) is 0 Å². The Morgan fingerprint density at radius 1 is 1.45 bits per heavy atom. The van der Waals surface area contributed by atoms with Crippen LogP contribution in [-0.2, 0) is 10.0 Å². The van der Waals surface area contributed by atoms with Gasteiger partial charge in [0.25, 0.3) is 0 Å². The van der Waals surface area contributed by atoms with Crippen LogP contribution in [0.3, 0.4) is 0 Å². The average Bonchev–Trinajstić information content (AvgIpc) is 2.42. The lowest BCUT2D eigenvalue weighted by atomic mass is 10.2. The van der Waals surface area contributed by atoms with Gasteiger partial charge < -0.3 is 5.73 Å². The van der Waals surface area contributed by atoms with Crippen molar-refractivity contribution in [3.8, 4) is 0 Å². The van der Waals surface area contributed by atoms with E-state index in [0.29, 0.717) is 27.5 Å². The minimum atomic E-state index is -3.51. The zero-order valence-corrected chi connectivity index (χ0v) is 14.6. The molecule has 0 aliphatic carbocycles. The first-order chi connectivity index (χ1) is 9.40. The van der Waals surface area contributed by atoms with E-state index < -0.39 is 10.0 Å². The molecule has 20 heavy (non-hydrogen) atoms. The summed E-state index contributed by atoms with van der Waals surface area (Å²) in [6, 6.07) is 3.31. The minimum absolute atomic E-state index is 0.255. The Bertz CT molecular complexity index is 584. The third-order valence-corrected chi connectivity index (χ3v) is 6.84. The Morgan fingerprint density at radius 3 is 2.85 bits per heavy atom.